The zero-order valence-electron chi connectivity index (χ0n) is 8.53. The number of aromatic nitrogens is 1. The highest BCUT2D eigenvalue weighted by molar-refractivity contribution is 9.10. The van der Waals surface area contributed by atoms with Crippen LogP contribution in [-0.4, -0.2) is 22.6 Å². The fourth-order valence-corrected chi connectivity index (χ4v) is 1.47. The largest absolute Gasteiger partial charge is 0.478 e. The molecule has 0 radical (unpaired) electrons. The molecule has 0 bridgehead atoms. The van der Waals surface area contributed by atoms with Crippen LogP contribution in [0.2, 0.25) is 0 Å². The number of anilines is 1. The van der Waals surface area contributed by atoms with Crippen molar-refractivity contribution in [2.75, 3.05) is 11.9 Å². The fourth-order valence-electron chi connectivity index (χ4n) is 1.14. The van der Waals surface area contributed by atoms with E-state index in [1.807, 2.05) is 0 Å². The minimum absolute atomic E-state index is 0.148. The van der Waals surface area contributed by atoms with Gasteiger partial charge in [-0.15, -0.1) is 12.3 Å². The summed E-state index contributed by atoms with van der Waals surface area (Å²) in [4.78, 5) is 14.9. The molecule has 1 heterocycles. The van der Waals surface area contributed by atoms with E-state index >= 15 is 0 Å². The summed E-state index contributed by atoms with van der Waals surface area (Å²) in [5, 5.41) is 11.9. The van der Waals surface area contributed by atoms with E-state index in [2.05, 4.69) is 32.2 Å². The summed E-state index contributed by atoms with van der Waals surface area (Å²) in [6.07, 6.45) is 8.11. The average Bonchev–Trinajstić information content (AvgIpc) is 2.26. The third-order valence-corrected chi connectivity index (χ3v) is 2.31. The van der Waals surface area contributed by atoms with Crippen molar-refractivity contribution in [1.29, 1.82) is 0 Å². The molecule has 0 aliphatic rings. The molecule has 0 amide bonds. The second kappa shape index (κ2) is 6.13. The van der Waals surface area contributed by atoms with Crippen LogP contribution in [0.25, 0.3) is 0 Å². The quantitative estimate of drug-likeness (QED) is 0.643. The van der Waals surface area contributed by atoms with E-state index < -0.39 is 5.97 Å². The van der Waals surface area contributed by atoms with Crippen LogP contribution in [0.3, 0.4) is 0 Å². The number of nitrogens with zero attached hydrogens (tertiary/aromatic N) is 1. The van der Waals surface area contributed by atoms with Gasteiger partial charge in [-0.1, -0.05) is 0 Å². The predicted octanol–water partition coefficient (Wildman–Crippen LogP) is 2.37. The summed E-state index contributed by atoms with van der Waals surface area (Å²) < 4.78 is 0.638. The minimum atomic E-state index is -1.01. The highest BCUT2D eigenvalue weighted by atomic mass is 79.9. The smallest absolute Gasteiger partial charge is 0.339 e. The lowest BCUT2D eigenvalue weighted by atomic mass is 10.2. The van der Waals surface area contributed by atoms with E-state index in [9.17, 15) is 4.79 Å². The monoisotopic (exact) mass is 282 g/mol. The Labute approximate surface area is 102 Å². The average molecular weight is 283 g/mol. The molecule has 0 spiro atoms. The van der Waals surface area contributed by atoms with Crippen molar-refractivity contribution >= 4 is 27.7 Å². The summed E-state index contributed by atoms with van der Waals surface area (Å²) in [5.74, 6) is 1.88. The van der Waals surface area contributed by atoms with E-state index in [0.29, 0.717) is 23.3 Å². The van der Waals surface area contributed by atoms with Crippen LogP contribution in [0.4, 0.5) is 5.82 Å². The second-order valence-electron chi connectivity index (χ2n) is 3.09. The maximum Gasteiger partial charge on any atom is 0.339 e. The Morgan fingerprint density at radius 1 is 1.69 bits per heavy atom. The number of hydrogen-bond donors (Lipinski definition) is 2. The first-order valence-electron chi connectivity index (χ1n) is 4.71. The molecule has 16 heavy (non-hydrogen) atoms. The number of carboxylic acids is 1. The standard InChI is InChI=1S/C11H11BrN2O2/c1-2-3-4-5-13-10-9(11(15)16)6-8(12)7-14-10/h1,6-7H,3-5H2,(H,13,14)(H,15,16). The van der Waals surface area contributed by atoms with Crippen molar-refractivity contribution in [1.82, 2.24) is 4.98 Å². The highest BCUT2D eigenvalue weighted by Gasteiger charge is 2.11. The lowest BCUT2D eigenvalue weighted by Gasteiger charge is -2.07. The summed E-state index contributed by atoms with van der Waals surface area (Å²) in [5.41, 5.74) is 0.148. The number of halogens is 1. The van der Waals surface area contributed by atoms with Crippen LogP contribution in [0.1, 0.15) is 23.2 Å². The van der Waals surface area contributed by atoms with Gasteiger partial charge >= 0.3 is 5.97 Å². The first-order valence-corrected chi connectivity index (χ1v) is 5.50. The Hall–Kier alpha value is -1.54. The van der Waals surface area contributed by atoms with Crippen LogP contribution in [-0.2, 0) is 0 Å². The molecular weight excluding hydrogens is 272 g/mol. The molecule has 1 aromatic rings. The van der Waals surface area contributed by atoms with Gasteiger partial charge in [0, 0.05) is 23.6 Å². The fraction of sp³-hybridized carbons (Fsp3) is 0.273. The number of rotatable bonds is 5. The molecule has 0 unspecified atom stereocenters. The van der Waals surface area contributed by atoms with Gasteiger partial charge in [-0.2, -0.15) is 0 Å². The molecule has 0 atom stereocenters. The second-order valence-corrected chi connectivity index (χ2v) is 4.00. The SMILES string of the molecule is C#CCCCNc1ncc(Br)cc1C(=O)O. The highest BCUT2D eigenvalue weighted by Crippen LogP contribution is 2.17. The molecule has 0 saturated carbocycles. The van der Waals surface area contributed by atoms with Gasteiger partial charge in [0.15, 0.2) is 0 Å². The lowest BCUT2D eigenvalue weighted by Crippen LogP contribution is -2.09. The van der Waals surface area contributed by atoms with Crippen molar-refractivity contribution in [3.8, 4) is 12.3 Å². The lowest BCUT2D eigenvalue weighted by molar-refractivity contribution is 0.0697. The van der Waals surface area contributed by atoms with Gasteiger partial charge in [0.1, 0.15) is 11.4 Å². The topological polar surface area (TPSA) is 62.2 Å². The summed E-state index contributed by atoms with van der Waals surface area (Å²) >= 11 is 3.18. The Morgan fingerprint density at radius 3 is 3.06 bits per heavy atom. The Kier molecular flexibility index (Phi) is 4.80. The van der Waals surface area contributed by atoms with E-state index in [-0.39, 0.29) is 5.56 Å². The van der Waals surface area contributed by atoms with Gasteiger partial charge in [-0.3, -0.25) is 0 Å². The Bertz CT molecular complexity index is 426. The van der Waals surface area contributed by atoms with Crippen LogP contribution >= 0.6 is 15.9 Å². The predicted molar refractivity (Wildman–Crippen MR) is 65.5 cm³/mol. The maximum atomic E-state index is 10.9. The van der Waals surface area contributed by atoms with Gasteiger partial charge in [0.05, 0.1) is 0 Å². The number of carboxylic acid groups (broad SMARTS) is 1. The normalized spacial score (nSPS) is 9.50. The zero-order chi connectivity index (χ0) is 12.0. The van der Waals surface area contributed by atoms with Crippen molar-refractivity contribution < 1.29 is 9.90 Å². The molecule has 0 fully saturated rings. The summed E-state index contributed by atoms with van der Waals surface area (Å²) in [6, 6.07) is 1.51. The van der Waals surface area contributed by atoms with E-state index in [1.165, 1.54) is 6.07 Å². The number of terminal acetylenes is 1. The van der Waals surface area contributed by atoms with Gasteiger partial charge < -0.3 is 10.4 Å². The molecule has 2 N–H and O–H groups in total. The molecule has 1 rings (SSSR count). The van der Waals surface area contributed by atoms with Crippen molar-refractivity contribution in [3.63, 3.8) is 0 Å². The van der Waals surface area contributed by atoms with Gasteiger partial charge in [-0.25, -0.2) is 9.78 Å². The molecule has 0 saturated heterocycles. The molecule has 4 nitrogen and oxygen atoms in total. The molecule has 1 aromatic heterocycles. The summed E-state index contributed by atoms with van der Waals surface area (Å²) in [6.45, 7) is 0.610. The molecule has 5 heteroatoms. The number of unbranched alkanes of at least 4 members (excludes halogenated alkanes) is 1. The zero-order valence-corrected chi connectivity index (χ0v) is 10.1. The van der Waals surface area contributed by atoms with E-state index in [0.717, 1.165) is 6.42 Å². The minimum Gasteiger partial charge on any atom is -0.478 e. The van der Waals surface area contributed by atoms with Crippen LogP contribution in [0.15, 0.2) is 16.7 Å². The first-order chi connectivity index (χ1) is 7.65. The molecule has 0 aromatic carbocycles. The van der Waals surface area contributed by atoms with Crippen LogP contribution < -0.4 is 5.32 Å². The molecule has 84 valence electrons. The Morgan fingerprint density at radius 2 is 2.44 bits per heavy atom. The molecule has 0 aliphatic carbocycles. The molecule has 0 aliphatic heterocycles. The van der Waals surface area contributed by atoms with Crippen molar-refractivity contribution in [2.45, 2.75) is 12.8 Å². The van der Waals surface area contributed by atoms with E-state index in [4.69, 9.17) is 11.5 Å². The van der Waals surface area contributed by atoms with Gasteiger partial charge in [0.2, 0.25) is 0 Å². The van der Waals surface area contributed by atoms with Gasteiger partial charge in [-0.05, 0) is 28.4 Å². The third kappa shape index (κ3) is 3.55. The van der Waals surface area contributed by atoms with Crippen LogP contribution in [0, 0.1) is 12.3 Å². The van der Waals surface area contributed by atoms with Gasteiger partial charge in [0.25, 0.3) is 0 Å². The number of pyridine rings is 1. The van der Waals surface area contributed by atoms with Crippen molar-refractivity contribution in [3.05, 3.63) is 22.3 Å². The Balaban J connectivity index is 2.72. The number of hydrogen-bond acceptors (Lipinski definition) is 3. The van der Waals surface area contributed by atoms with Crippen LogP contribution in [0.5, 0.6) is 0 Å². The summed E-state index contributed by atoms with van der Waals surface area (Å²) in [7, 11) is 0. The van der Waals surface area contributed by atoms with E-state index in [1.54, 1.807) is 6.20 Å². The molecular formula is C11H11BrN2O2. The number of nitrogens with one attached hydrogen (secondary N) is 1. The van der Waals surface area contributed by atoms with Crippen molar-refractivity contribution in [2.24, 2.45) is 0 Å². The number of carbonyl (C=O) groups is 1. The maximum absolute atomic E-state index is 10.9. The number of aromatic carboxylic acids is 1. The first kappa shape index (κ1) is 12.5. The third-order valence-electron chi connectivity index (χ3n) is 1.88.